The Balaban J connectivity index is 2.30. The van der Waals surface area contributed by atoms with Gasteiger partial charge in [0.2, 0.25) is 0 Å². The molecule has 1 aromatic rings. The summed E-state index contributed by atoms with van der Waals surface area (Å²) in [7, 11) is 0. The van der Waals surface area contributed by atoms with Gasteiger partial charge in [0.15, 0.2) is 0 Å². The fraction of sp³-hybridized carbons (Fsp3) is 0.273. The van der Waals surface area contributed by atoms with Crippen LogP contribution in [0.5, 0.6) is 0 Å². The van der Waals surface area contributed by atoms with Gasteiger partial charge in [-0.3, -0.25) is 0 Å². The van der Waals surface area contributed by atoms with Crippen LogP contribution >= 0.6 is 11.8 Å². The number of thioether (sulfide) groups is 1. The first kappa shape index (κ1) is 10.0. The van der Waals surface area contributed by atoms with E-state index in [2.05, 4.69) is 5.92 Å². The van der Waals surface area contributed by atoms with Crippen molar-refractivity contribution >= 4 is 17.4 Å². The quantitative estimate of drug-likeness (QED) is 0.343. The number of unbranched alkanes of at least 4 members (excludes halogenated alkanes) is 1. The van der Waals surface area contributed by atoms with Crippen molar-refractivity contribution in [2.24, 2.45) is 0 Å². The van der Waals surface area contributed by atoms with E-state index in [1.54, 1.807) is 0 Å². The molecule has 0 atom stereocenters. The van der Waals surface area contributed by atoms with Crippen molar-refractivity contribution in [1.82, 2.24) is 0 Å². The smallest absolute Gasteiger partial charge is 0.0314 e. The zero-order valence-corrected chi connectivity index (χ0v) is 8.31. The predicted octanol–water partition coefficient (Wildman–Crippen LogP) is 2.77. The molecular formula is C11H13NS. The van der Waals surface area contributed by atoms with Crippen molar-refractivity contribution in [2.75, 3.05) is 11.5 Å². The topological polar surface area (TPSA) is 26.0 Å². The maximum Gasteiger partial charge on any atom is 0.0314 e. The summed E-state index contributed by atoms with van der Waals surface area (Å²) in [6, 6.07) is 7.92. The van der Waals surface area contributed by atoms with Crippen LogP contribution in [-0.2, 0) is 0 Å². The molecule has 0 fully saturated rings. The molecule has 13 heavy (non-hydrogen) atoms. The maximum atomic E-state index is 5.57. The Bertz CT molecular complexity index is 284. The standard InChI is InChI=1S/C11H13NS/c1-2-3-4-9-13-11-7-5-10(12)6-8-11/h1,5-8H,3-4,9,12H2. The van der Waals surface area contributed by atoms with Crippen LogP contribution in [0, 0.1) is 12.3 Å². The zero-order valence-electron chi connectivity index (χ0n) is 7.49. The van der Waals surface area contributed by atoms with E-state index in [0.717, 1.165) is 24.3 Å². The van der Waals surface area contributed by atoms with Gasteiger partial charge in [-0.05, 0) is 36.4 Å². The SMILES string of the molecule is C#CCCCSc1ccc(N)cc1. The molecule has 2 N–H and O–H groups in total. The fourth-order valence-electron chi connectivity index (χ4n) is 0.928. The molecule has 0 aliphatic carbocycles. The van der Waals surface area contributed by atoms with Crippen LogP contribution < -0.4 is 5.73 Å². The van der Waals surface area contributed by atoms with E-state index in [1.807, 2.05) is 36.0 Å². The lowest BCUT2D eigenvalue weighted by atomic mass is 10.3. The highest BCUT2D eigenvalue weighted by atomic mass is 32.2. The lowest BCUT2D eigenvalue weighted by molar-refractivity contribution is 0.997. The van der Waals surface area contributed by atoms with Gasteiger partial charge in [0.25, 0.3) is 0 Å². The molecule has 1 aromatic carbocycles. The number of anilines is 1. The van der Waals surface area contributed by atoms with E-state index in [9.17, 15) is 0 Å². The van der Waals surface area contributed by atoms with Gasteiger partial charge in [0.1, 0.15) is 0 Å². The molecule has 2 heteroatoms. The third-order valence-electron chi connectivity index (χ3n) is 1.61. The van der Waals surface area contributed by atoms with Gasteiger partial charge in [-0.1, -0.05) is 0 Å². The van der Waals surface area contributed by atoms with Gasteiger partial charge in [0.05, 0.1) is 0 Å². The number of nitrogen functional groups attached to an aromatic ring is 1. The number of hydrogen-bond acceptors (Lipinski definition) is 2. The number of nitrogens with two attached hydrogens (primary N) is 1. The van der Waals surface area contributed by atoms with Gasteiger partial charge in [-0.15, -0.1) is 24.1 Å². The van der Waals surface area contributed by atoms with Crippen molar-refractivity contribution in [2.45, 2.75) is 17.7 Å². The van der Waals surface area contributed by atoms with Gasteiger partial charge in [0, 0.05) is 17.0 Å². The average molecular weight is 191 g/mol. The van der Waals surface area contributed by atoms with Gasteiger partial charge in [-0.2, -0.15) is 0 Å². The summed E-state index contributed by atoms with van der Waals surface area (Å²) in [6.45, 7) is 0. The Hall–Kier alpha value is -1.07. The van der Waals surface area contributed by atoms with E-state index < -0.39 is 0 Å². The molecule has 0 aromatic heterocycles. The highest BCUT2D eigenvalue weighted by molar-refractivity contribution is 7.99. The summed E-state index contributed by atoms with van der Waals surface area (Å²) in [5, 5.41) is 0. The number of terminal acetylenes is 1. The summed E-state index contributed by atoms with van der Waals surface area (Å²) >= 11 is 1.82. The second-order valence-corrected chi connectivity index (χ2v) is 3.89. The normalized spacial score (nSPS) is 9.46. The van der Waals surface area contributed by atoms with Crippen LogP contribution in [0.2, 0.25) is 0 Å². The van der Waals surface area contributed by atoms with E-state index in [4.69, 9.17) is 12.2 Å². The first-order chi connectivity index (χ1) is 6.33. The third kappa shape index (κ3) is 3.91. The second kappa shape index (κ2) is 5.55. The van der Waals surface area contributed by atoms with Crippen molar-refractivity contribution < 1.29 is 0 Å². The van der Waals surface area contributed by atoms with E-state index in [0.29, 0.717) is 0 Å². The molecule has 0 amide bonds. The van der Waals surface area contributed by atoms with Crippen molar-refractivity contribution in [3.63, 3.8) is 0 Å². The van der Waals surface area contributed by atoms with Crippen molar-refractivity contribution in [3.05, 3.63) is 24.3 Å². The van der Waals surface area contributed by atoms with E-state index in [-0.39, 0.29) is 0 Å². The monoisotopic (exact) mass is 191 g/mol. The largest absolute Gasteiger partial charge is 0.399 e. The van der Waals surface area contributed by atoms with Crippen LogP contribution in [0.3, 0.4) is 0 Å². The Morgan fingerprint density at radius 1 is 1.31 bits per heavy atom. The van der Waals surface area contributed by atoms with E-state index in [1.165, 1.54) is 4.90 Å². The van der Waals surface area contributed by atoms with Crippen LogP contribution in [0.25, 0.3) is 0 Å². The number of hydrogen-bond donors (Lipinski definition) is 1. The molecule has 0 radical (unpaired) electrons. The Morgan fingerprint density at radius 3 is 2.62 bits per heavy atom. The summed E-state index contributed by atoms with van der Waals surface area (Å²) in [6.07, 6.45) is 7.09. The minimum absolute atomic E-state index is 0.813. The Labute approximate surface area is 83.7 Å². The molecular weight excluding hydrogens is 178 g/mol. The summed E-state index contributed by atoms with van der Waals surface area (Å²) in [5.74, 6) is 3.71. The lowest BCUT2D eigenvalue weighted by Gasteiger charge is -1.99. The molecule has 0 bridgehead atoms. The van der Waals surface area contributed by atoms with Gasteiger partial charge < -0.3 is 5.73 Å². The predicted molar refractivity (Wildman–Crippen MR) is 59.6 cm³/mol. The molecule has 0 aliphatic heterocycles. The minimum atomic E-state index is 0.813. The van der Waals surface area contributed by atoms with Crippen molar-refractivity contribution in [1.29, 1.82) is 0 Å². The maximum absolute atomic E-state index is 5.57. The molecule has 0 saturated heterocycles. The fourth-order valence-corrected chi connectivity index (χ4v) is 1.78. The first-order valence-electron chi connectivity index (χ1n) is 4.25. The average Bonchev–Trinajstić information content (AvgIpc) is 2.15. The molecule has 68 valence electrons. The van der Waals surface area contributed by atoms with Gasteiger partial charge in [-0.25, -0.2) is 0 Å². The molecule has 0 spiro atoms. The minimum Gasteiger partial charge on any atom is -0.399 e. The van der Waals surface area contributed by atoms with Crippen LogP contribution in [0.1, 0.15) is 12.8 Å². The van der Waals surface area contributed by atoms with E-state index >= 15 is 0 Å². The van der Waals surface area contributed by atoms with Crippen molar-refractivity contribution in [3.8, 4) is 12.3 Å². The molecule has 1 rings (SSSR count). The molecule has 1 nitrogen and oxygen atoms in total. The van der Waals surface area contributed by atoms with Crippen LogP contribution in [0.4, 0.5) is 5.69 Å². The van der Waals surface area contributed by atoms with Crippen LogP contribution in [-0.4, -0.2) is 5.75 Å². The summed E-state index contributed by atoms with van der Waals surface area (Å²) < 4.78 is 0. The highest BCUT2D eigenvalue weighted by Gasteiger charge is 1.92. The summed E-state index contributed by atoms with van der Waals surface area (Å²) in [5.41, 5.74) is 6.38. The molecule has 0 aliphatic rings. The molecule has 0 unspecified atom stereocenters. The lowest BCUT2D eigenvalue weighted by Crippen LogP contribution is -1.83. The molecule has 0 saturated carbocycles. The third-order valence-corrected chi connectivity index (χ3v) is 2.71. The first-order valence-corrected chi connectivity index (χ1v) is 5.23. The summed E-state index contributed by atoms with van der Waals surface area (Å²) in [4.78, 5) is 1.26. The molecule has 0 heterocycles. The van der Waals surface area contributed by atoms with Crippen LogP contribution in [0.15, 0.2) is 29.2 Å². The second-order valence-electron chi connectivity index (χ2n) is 2.73. The zero-order chi connectivity index (χ0) is 9.52. The van der Waals surface area contributed by atoms with Gasteiger partial charge >= 0.3 is 0 Å². The Kier molecular flexibility index (Phi) is 4.28. The number of benzene rings is 1. The highest BCUT2D eigenvalue weighted by Crippen LogP contribution is 2.19. The Morgan fingerprint density at radius 2 is 2.00 bits per heavy atom. The number of rotatable bonds is 4.